The second kappa shape index (κ2) is 5.12. The van der Waals surface area contributed by atoms with Crippen molar-refractivity contribution in [2.24, 2.45) is 0 Å². The quantitative estimate of drug-likeness (QED) is 0.870. The number of hydrogen-bond acceptors (Lipinski definition) is 2. The maximum absolute atomic E-state index is 11.1. The molecule has 0 saturated heterocycles. The summed E-state index contributed by atoms with van der Waals surface area (Å²) >= 11 is 0. The maximum atomic E-state index is 11.1. The highest BCUT2D eigenvalue weighted by molar-refractivity contribution is 5.82. The van der Waals surface area contributed by atoms with Gasteiger partial charge in [0.05, 0.1) is 0 Å². The van der Waals surface area contributed by atoms with Gasteiger partial charge in [0.15, 0.2) is 6.61 Å². The van der Waals surface area contributed by atoms with E-state index in [2.05, 4.69) is 30.2 Å². The van der Waals surface area contributed by atoms with E-state index < -0.39 is 0 Å². The van der Waals surface area contributed by atoms with Gasteiger partial charge in [-0.05, 0) is 29.5 Å². The number of amides is 1. The van der Waals surface area contributed by atoms with Gasteiger partial charge in [0, 0.05) is 24.3 Å². The van der Waals surface area contributed by atoms with Crippen LogP contribution < -0.4 is 10.1 Å². The summed E-state index contributed by atoms with van der Waals surface area (Å²) in [4.78, 5) is 14.5. The lowest BCUT2D eigenvalue weighted by molar-refractivity contribution is -0.122. The van der Waals surface area contributed by atoms with Crippen molar-refractivity contribution in [3.63, 3.8) is 0 Å². The molecule has 2 aromatic rings. The van der Waals surface area contributed by atoms with Crippen LogP contribution in [-0.4, -0.2) is 24.5 Å². The van der Waals surface area contributed by atoms with Crippen molar-refractivity contribution < 1.29 is 9.53 Å². The van der Waals surface area contributed by atoms with E-state index in [1.807, 2.05) is 18.2 Å². The van der Waals surface area contributed by atoms with E-state index in [9.17, 15) is 4.79 Å². The highest BCUT2D eigenvalue weighted by Gasteiger charge is 2.06. The molecule has 2 N–H and O–H groups in total. The predicted octanol–water partition coefficient (Wildman–Crippen LogP) is 2.42. The van der Waals surface area contributed by atoms with Gasteiger partial charge >= 0.3 is 0 Å². The maximum Gasteiger partial charge on any atom is 0.257 e. The molecule has 0 aliphatic carbocycles. The molecule has 0 aliphatic rings. The number of carbonyl (C=O) groups excluding carboxylic acids is 1. The first-order chi connectivity index (χ1) is 8.60. The number of likely N-dealkylation sites (N-methyl/N-ethyl adjacent to an activating group) is 1. The molecule has 0 saturated carbocycles. The minimum Gasteiger partial charge on any atom is -0.484 e. The monoisotopic (exact) mass is 246 g/mol. The Kier molecular flexibility index (Phi) is 3.55. The van der Waals surface area contributed by atoms with Crippen molar-refractivity contribution in [2.45, 2.75) is 19.8 Å². The van der Waals surface area contributed by atoms with Gasteiger partial charge < -0.3 is 15.0 Å². The summed E-state index contributed by atoms with van der Waals surface area (Å²) in [7, 11) is 1.59. The molecule has 1 aromatic heterocycles. The van der Waals surface area contributed by atoms with Crippen molar-refractivity contribution in [3.8, 4) is 5.75 Å². The third-order valence-electron chi connectivity index (χ3n) is 2.89. The number of benzene rings is 1. The first kappa shape index (κ1) is 12.5. The molecule has 2 rings (SSSR count). The van der Waals surface area contributed by atoms with Gasteiger partial charge in [-0.1, -0.05) is 13.8 Å². The number of aromatic nitrogens is 1. The van der Waals surface area contributed by atoms with E-state index in [0.717, 1.165) is 10.9 Å². The third kappa shape index (κ3) is 2.64. The smallest absolute Gasteiger partial charge is 0.257 e. The van der Waals surface area contributed by atoms with Gasteiger partial charge in [0.2, 0.25) is 0 Å². The van der Waals surface area contributed by atoms with Crippen molar-refractivity contribution in [2.75, 3.05) is 13.7 Å². The molecule has 1 aromatic carbocycles. The Morgan fingerprint density at radius 2 is 2.17 bits per heavy atom. The van der Waals surface area contributed by atoms with Crippen LogP contribution in [-0.2, 0) is 4.79 Å². The molecular formula is C14H18N2O2. The highest BCUT2D eigenvalue weighted by atomic mass is 16.5. The van der Waals surface area contributed by atoms with Gasteiger partial charge in [-0.2, -0.15) is 0 Å². The lowest BCUT2D eigenvalue weighted by Crippen LogP contribution is -2.24. The van der Waals surface area contributed by atoms with Crippen LogP contribution >= 0.6 is 0 Å². The Hall–Kier alpha value is -1.97. The Bertz CT molecular complexity index is 558. The first-order valence-electron chi connectivity index (χ1n) is 6.06. The summed E-state index contributed by atoms with van der Waals surface area (Å²) in [5.74, 6) is 1.03. The van der Waals surface area contributed by atoms with E-state index >= 15 is 0 Å². The molecule has 0 fully saturated rings. The predicted molar refractivity (Wildman–Crippen MR) is 71.9 cm³/mol. The molecule has 96 valence electrons. The average Bonchev–Trinajstić information content (AvgIpc) is 2.79. The Morgan fingerprint density at radius 3 is 2.83 bits per heavy atom. The SMILES string of the molecule is CNC(=O)COc1ccc2cc(C(C)C)[nH]c2c1. The largest absolute Gasteiger partial charge is 0.484 e. The molecule has 4 heteroatoms. The minimum absolute atomic E-state index is 0.0414. The van der Waals surface area contributed by atoms with Crippen molar-refractivity contribution in [1.82, 2.24) is 10.3 Å². The van der Waals surface area contributed by atoms with Crippen LogP contribution in [0.3, 0.4) is 0 Å². The normalized spacial score (nSPS) is 10.9. The van der Waals surface area contributed by atoms with Crippen LogP contribution in [0.4, 0.5) is 0 Å². The fourth-order valence-corrected chi connectivity index (χ4v) is 1.75. The van der Waals surface area contributed by atoms with Gasteiger partial charge in [-0.3, -0.25) is 4.79 Å². The standard InChI is InChI=1S/C14H18N2O2/c1-9(2)12-6-10-4-5-11(7-13(10)16-12)18-8-14(17)15-3/h4-7,9,16H,8H2,1-3H3,(H,15,17). The van der Waals surface area contributed by atoms with Gasteiger partial charge in [-0.25, -0.2) is 0 Å². The van der Waals surface area contributed by atoms with Crippen molar-refractivity contribution in [1.29, 1.82) is 0 Å². The Labute approximate surface area is 106 Å². The zero-order valence-electron chi connectivity index (χ0n) is 10.9. The minimum atomic E-state index is -0.135. The van der Waals surface area contributed by atoms with Gasteiger partial charge in [0.1, 0.15) is 5.75 Å². The van der Waals surface area contributed by atoms with Crippen LogP contribution in [0.2, 0.25) is 0 Å². The molecule has 0 radical (unpaired) electrons. The molecule has 18 heavy (non-hydrogen) atoms. The first-order valence-corrected chi connectivity index (χ1v) is 6.06. The molecule has 0 bridgehead atoms. The van der Waals surface area contributed by atoms with Gasteiger partial charge in [0.25, 0.3) is 5.91 Å². The van der Waals surface area contributed by atoms with Crippen LogP contribution in [0, 0.1) is 0 Å². The average molecular weight is 246 g/mol. The Balaban J connectivity index is 2.19. The number of carbonyl (C=O) groups is 1. The number of nitrogens with one attached hydrogen (secondary N) is 2. The van der Waals surface area contributed by atoms with Crippen LogP contribution in [0.25, 0.3) is 10.9 Å². The Morgan fingerprint density at radius 1 is 1.39 bits per heavy atom. The molecule has 1 amide bonds. The zero-order chi connectivity index (χ0) is 13.1. The summed E-state index contributed by atoms with van der Waals surface area (Å²) in [5.41, 5.74) is 2.24. The lowest BCUT2D eigenvalue weighted by atomic mass is 10.1. The summed E-state index contributed by atoms with van der Waals surface area (Å²) in [6.45, 7) is 4.33. The zero-order valence-corrected chi connectivity index (χ0v) is 10.9. The van der Waals surface area contributed by atoms with Crippen LogP contribution in [0.5, 0.6) is 5.75 Å². The summed E-state index contributed by atoms with van der Waals surface area (Å²) in [5, 5.41) is 3.68. The molecule has 4 nitrogen and oxygen atoms in total. The van der Waals surface area contributed by atoms with Crippen molar-refractivity contribution >= 4 is 16.8 Å². The van der Waals surface area contributed by atoms with Crippen molar-refractivity contribution in [3.05, 3.63) is 30.0 Å². The summed E-state index contributed by atoms with van der Waals surface area (Å²) in [6.07, 6.45) is 0. The molecule has 1 heterocycles. The number of hydrogen-bond donors (Lipinski definition) is 2. The fraction of sp³-hybridized carbons (Fsp3) is 0.357. The number of rotatable bonds is 4. The molecule has 0 spiro atoms. The molecule has 0 atom stereocenters. The van der Waals surface area contributed by atoms with E-state index in [1.54, 1.807) is 7.05 Å². The van der Waals surface area contributed by atoms with Crippen LogP contribution in [0.15, 0.2) is 24.3 Å². The second-order valence-corrected chi connectivity index (χ2v) is 4.59. The highest BCUT2D eigenvalue weighted by Crippen LogP contribution is 2.24. The summed E-state index contributed by atoms with van der Waals surface area (Å²) < 4.78 is 5.40. The lowest BCUT2D eigenvalue weighted by Gasteiger charge is -2.04. The topological polar surface area (TPSA) is 54.1 Å². The van der Waals surface area contributed by atoms with E-state index in [-0.39, 0.29) is 12.5 Å². The number of ether oxygens (including phenoxy) is 1. The number of fused-ring (bicyclic) bond motifs is 1. The molecule has 0 unspecified atom stereocenters. The third-order valence-corrected chi connectivity index (χ3v) is 2.89. The molecule has 0 aliphatic heterocycles. The van der Waals surface area contributed by atoms with Gasteiger partial charge in [-0.15, -0.1) is 0 Å². The number of H-pyrrole nitrogens is 1. The summed E-state index contributed by atoms with van der Waals surface area (Å²) in [6, 6.07) is 7.94. The van der Waals surface area contributed by atoms with E-state index in [1.165, 1.54) is 5.69 Å². The fourth-order valence-electron chi connectivity index (χ4n) is 1.75. The second-order valence-electron chi connectivity index (χ2n) is 4.59. The van der Waals surface area contributed by atoms with E-state index in [4.69, 9.17) is 4.74 Å². The molecular weight excluding hydrogens is 228 g/mol. The van der Waals surface area contributed by atoms with Crippen LogP contribution in [0.1, 0.15) is 25.5 Å². The number of aromatic amines is 1. The van der Waals surface area contributed by atoms with E-state index in [0.29, 0.717) is 11.7 Å².